The van der Waals surface area contributed by atoms with Crippen molar-refractivity contribution in [2.45, 2.75) is 26.3 Å². The molecule has 0 aliphatic carbocycles. The summed E-state index contributed by atoms with van der Waals surface area (Å²) in [6.07, 6.45) is 1.66. The van der Waals surface area contributed by atoms with E-state index in [0.717, 1.165) is 24.9 Å². The van der Waals surface area contributed by atoms with E-state index in [-0.39, 0.29) is 23.5 Å². The number of piperidine rings is 1. The average molecular weight is 278 g/mol. The zero-order valence-electron chi connectivity index (χ0n) is 11.6. The van der Waals surface area contributed by atoms with Crippen LogP contribution in [0.5, 0.6) is 0 Å². The van der Waals surface area contributed by atoms with Crippen LogP contribution in [0.3, 0.4) is 0 Å². The Hall–Kier alpha value is -1.91. The minimum Gasteiger partial charge on any atom is -0.352 e. The fourth-order valence-corrected chi connectivity index (χ4v) is 2.41. The van der Waals surface area contributed by atoms with Crippen molar-refractivity contribution in [1.82, 2.24) is 10.2 Å². The number of carbonyl (C=O) groups is 2. The third-order valence-electron chi connectivity index (χ3n) is 3.62. The summed E-state index contributed by atoms with van der Waals surface area (Å²) in [6.45, 7) is 3.14. The molecule has 20 heavy (non-hydrogen) atoms. The zero-order valence-corrected chi connectivity index (χ0v) is 11.6. The van der Waals surface area contributed by atoms with Crippen LogP contribution < -0.4 is 5.32 Å². The van der Waals surface area contributed by atoms with Crippen molar-refractivity contribution in [2.75, 3.05) is 13.1 Å². The first-order valence-electron chi connectivity index (χ1n) is 6.84. The molecule has 0 saturated carbocycles. The summed E-state index contributed by atoms with van der Waals surface area (Å²) in [5.41, 5.74) is 0.860. The molecule has 1 atom stereocenters. The van der Waals surface area contributed by atoms with Gasteiger partial charge in [-0.15, -0.1) is 0 Å². The van der Waals surface area contributed by atoms with Crippen LogP contribution in [0.4, 0.5) is 4.39 Å². The van der Waals surface area contributed by atoms with Gasteiger partial charge < -0.3 is 10.2 Å². The smallest absolute Gasteiger partial charge is 0.225 e. The number of likely N-dealkylation sites (tertiary alicyclic amines) is 1. The van der Waals surface area contributed by atoms with E-state index in [4.69, 9.17) is 0 Å². The van der Waals surface area contributed by atoms with Crippen molar-refractivity contribution in [3.8, 4) is 0 Å². The van der Waals surface area contributed by atoms with Crippen LogP contribution in [-0.4, -0.2) is 29.8 Å². The highest BCUT2D eigenvalue weighted by Crippen LogP contribution is 2.16. The monoisotopic (exact) mass is 278 g/mol. The molecule has 108 valence electrons. The third kappa shape index (κ3) is 3.79. The molecule has 1 fully saturated rings. The lowest BCUT2D eigenvalue weighted by atomic mass is 9.97. The lowest BCUT2D eigenvalue weighted by Crippen LogP contribution is -2.44. The number of hydrogen-bond donors (Lipinski definition) is 1. The molecule has 1 saturated heterocycles. The second-order valence-electron chi connectivity index (χ2n) is 5.15. The van der Waals surface area contributed by atoms with Gasteiger partial charge in [0, 0.05) is 26.6 Å². The first kappa shape index (κ1) is 14.5. The Labute approximate surface area is 118 Å². The summed E-state index contributed by atoms with van der Waals surface area (Å²) in [5, 5.41) is 2.85. The normalized spacial score (nSPS) is 18.7. The second kappa shape index (κ2) is 6.50. The minimum absolute atomic E-state index is 0.0148. The Bertz CT molecular complexity index is 487. The Morgan fingerprint density at radius 2 is 2.05 bits per heavy atom. The molecule has 0 spiro atoms. The number of carbonyl (C=O) groups excluding carboxylic acids is 2. The molecule has 0 unspecified atom stereocenters. The minimum atomic E-state index is -0.288. The Morgan fingerprint density at radius 3 is 2.70 bits per heavy atom. The van der Waals surface area contributed by atoms with Crippen molar-refractivity contribution < 1.29 is 14.0 Å². The number of halogens is 1. The van der Waals surface area contributed by atoms with Gasteiger partial charge in [0.25, 0.3) is 0 Å². The number of benzene rings is 1. The molecule has 1 aliphatic heterocycles. The van der Waals surface area contributed by atoms with E-state index in [1.165, 1.54) is 19.1 Å². The molecule has 5 heteroatoms. The Morgan fingerprint density at radius 1 is 1.35 bits per heavy atom. The molecular weight excluding hydrogens is 259 g/mol. The van der Waals surface area contributed by atoms with E-state index in [2.05, 4.69) is 5.32 Å². The van der Waals surface area contributed by atoms with Crippen LogP contribution in [-0.2, 0) is 16.1 Å². The van der Waals surface area contributed by atoms with Crippen molar-refractivity contribution in [3.63, 3.8) is 0 Å². The van der Waals surface area contributed by atoms with Crippen molar-refractivity contribution >= 4 is 11.8 Å². The average Bonchev–Trinajstić information content (AvgIpc) is 2.46. The van der Waals surface area contributed by atoms with Gasteiger partial charge in [-0.2, -0.15) is 0 Å². The van der Waals surface area contributed by atoms with Crippen LogP contribution >= 0.6 is 0 Å². The van der Waals surface area contributed by atoms with Crippen LogP contribution in [0.15, 0.2) is 24.3 Å². The molecule has 1 heterocycles. The Kier molecular flexibility index (Phi) is 4.71. The number of nitrogens with zero attached hydrogens (tertiary/aromatic N) is 1. The highest BCUT2D eigenvalue weighted by atomic mass is 19.1. The van der Waals surface area contributed by atoms with Gasteiger partial charge in [-0.3, -0.25) is 9.59 Å². The van der Waals surface area contributed by atoms with Crippen LogP contribution in [0, 0.1) is 11.7 Å². The maximum absolute atomic E-state index is 12.8. The van der Waals surface area contributed by atoms with Crippen molar-refractivity contribution in [1.29, 1.82) is 0 Å². The van der Waals surface area contributed by atoms with Gasteiger partial charge in [-0.1, -0.05) is 12.1 Å². The van der Waals surface area contributed by atoms with E-state index < -0.39 is 0 Å². The Balaban J connectivity index is 1.85. The second-order valence-corrected chi connectivity index (χ2v) is 5.15. The van der Waals surface area contributed by atoms with E-state index >= 15 is 0 Å². The molecule has 2 rings (SSSR count). The molecule has 0 radical (unpaired) electrons. The number of nitrogens with one attached hydrogen (secondary N) is 1. The first-order valence-corrected chi connectivity index (χ1v) is 6.84. The summed E-state index contributed by atoms with van der Waals surface area (Å²) in [6, 6.07) is 6.05. The fourth-order valence-electron chi connectivity index (χ4n) is 2.41. The number of rotatable bonds is 3. The third-order valence-corrected chi connectivity index (χ3v) is 3.62. The van der Waals surface area contributed by atoms with Gasteiger partial charge in [0.15, 0.2) is 0 Å². The van der Waals surface area contributed by atoms with Gasteiger partial charge in [-0.25, -0.2) is 4.39 Å². The molecule has 0 aromatic heterocycles. The lowest BCUT2D eigenvalue weighted by molar-refractivity contribution is -0.134. The molecule has 4 nitrogen and oxygen atoms in total. The highest BCUT2D eigenvalue weighted by molar-refractivity contribution is 5.80. The summed E-state index contributed by atoms with van der Waals surface area (Å²) in [5.74, 6) is -0.459. The summed E-state index contributed by atoms with van der Waals surface area (Å²) in [4.78, 5) is 25.1. The topological polar surface area (TPSA) is 49.4 Å². The summed E-state index contributed by atoms with van der Waals surface area (Å²) in [7, 11) is 0. The standard InChI is InChI=1S/C15H19FN2O2/c1-11(19)18-8-2-3-13(10-18)15(20)17-9-12-4-6-14(16)7-5-12/h4-7,13H,2-3,8-10H2,1H3,(H,17,20)/t13-/m0/s1. The van der Waals surface area contributed by atoms with Crippen LogP contribution in [0.2, 0.25) is 0 Å². The van der Waals surface area contributed by atoms with Gasteiger partial charge >= 0.3 is 0 Å². The molecular formula is C15H19FN2O2. The lowest BCUT2D eigenvalue weighted by Gasteiger charge is -2.31. The van der Waals surface area contributed by atoms with E-state index in [9.17, 15) is 14.0 Å². The van der Waals surface area contributed by atoms with E-state index in [1.54, 1.807) is 17.0 Å². The molecule has 0 bridgehead atoms. The van der Waals surface area contributed by atoms with Gasteiger partial charge in [0.2, 0.25) is 11.8 Å². The first-order chi connectivity index (χ1) is 9.56. The summed E-state index contributed by atoms with van der Waals surface area (Å²) >= 11 is 0. The highest BCUT2D eigenvalue weighted by Gasteiger charge is 2.26. The maximum Gasteiger partial charge on any atom is 0.225 e. The quantitative estimate of drug-likeness (QED) is 0.915. The molecule has 1 aromatic carbocycles. The van der Waals surface area contributed by atoms with Crippen molar-refractivity contribution in [2.24, 2.45) is 5.92 Å². The maximum atomic E-state index is 12.8. The molecule has 2 amide bonds. The predicted molar refractivity (Wildman–Crippen MR) is 73.2 cm³/mol. The largest absolute Gasteiger partial charge is 0.352 e. The van der Waals surface area contributed by atoms with Gasteiger partial charge in [-0.05, 0) is 30.5 Å². The van der Waals surface area contributed by atoms with Crippen LogP contribution in [0.1, 0.15) is 25.3 Å². The molecule has 1 aliphatic rings. The van der Waals surface area contributed by atoms with Crippen molar-refractivity contribution in [3.05, 3.63) is 35.6 Å². The zero-order chi connectivity index (χ0) is 14.5. The van der Waals surface area contributed by atoms with E-state index in [0.29, 0.717) is 13.1 Å². The van der Waals surface area contributed by atoms with E-state index in [1.807, 2.05) is 0 Å². The molecule has 1 N–H and O–H groups in total. The summed E-state index contributed by atoms with van der Waals surface area (Å²) < 4.78 is 12.8. The van der Waals surface area contributed by atoms with Crippen LogP contribution in [0.25, 0.3) is 0 Å². The fraction of sp³-hybridized carbons (Fsp3) is 0.467. The van der Waals surface area contributed by atoms with Gasteiger partial charge in [0.1, 0.15) is 5.82 Å². The predicted octanol–water partition coefficient (Wildman–Crippen LogP) is 1.70. The number of hydrogen-bond acceptors (Lipinski definition) is 2. The number of amides is 2. The van der Waals surface area contributed by atoms with Gasteiger partial charge in [0.05, 0.1) is 5.92 Å². The SMILES string of the molecule is CC(=O)N1CCC[C@H](C(=O)NCc2ccc(F)cc2)C1. The molecule has 1 aromatic rings.